The topological polar surface area (TPSA) is 29.5 Å². The number of amides is 1. The van der Waals surface area contributed by atoms with Gasteiger partial charge in [-0.25, -0.2) is 0 Å². The zero-order chi connectivity index (χ0) is 13.7. The van der Waals surface area contributed by atoms with Crippen molar-refractivity contribution < 1.29 is 9.53 Å². The molecule has 1 aromatic carbocycles. The van der Waals surface area contributed by atoms with Gasteiger partial charge in [0.15, 0.2) is 4.84 Å². The fourth-order valence-corrected chi connectivity index (χ4v) is 1.82. The highest BCUT2D eigenvalue weighted by atomic mass is 35.5. The quantitative estimate of drug-likeness (QED) is 0.779. The molecule has 18 heavy (non-hydrogen) atoms. The van der Waals surface area contributed by atoms with Gasteiger partial charge in [-0.05, 0) is 31.5 Å². The molecule has 1 amide bonds. The largest absolute Gasteiger partial charge is 0.497 e. The molecule has 100 valence electrons. The highest BCUT2D eigenvalue weighted by Crippen LogP contribution is 2.17. The summed E-state index contributed by atoms with van der Waals surface area (Å²) in [6.07, 6.45) is 0. The minimum Gasteiger partial charge on any atom is -0.497 e. The Bertz CT molecular complexity index is 390. The standard InChI is InChI=1S/C13H17Cl2NO2/c1-9(2)16(13(17)12(14)15)8-10-4-6-11(18-3)7-5-10/h4-7,9,12H,8H2,1-3H3. The van der Waals surface area contributed by atoms with Crippen LogP contribution in [0.15, 0.2) is 24.3 Å². The molecule has 0 fully saturated rings. The van der Waals surface area contributed by atoms with Crippen LogP contribution in [0, 0.1) is 0 Å². The highest BCUT2D eigenvalue weighted by Gasteiger charge is 2.22. The lowest BCUT2D eigenvalue weighted by molar-refractivity contribution is -0.131. The first-order chi connectivity index (χ1) is 8.45. The van der Waals surface area contributed by atoms with E-state index in [1.165, 1.54) is 0 Å². The van der Waals surface area contributed by atoms with Crippen LogP contribution in [0.2, 0.25) is 0 Å². The normalized spacial score (nSPS) is 10.8. The number of carbonyl (C=O) groups excluding carboxylic acids is 1. The third kappa shape index (κ3) is 4.07. The fraction of sp³-hybridized carbons (Fsp3) is 0.462. The van der Waals surface area contributed by atoms with Crippen LogP contribution in [-0.4, -0.2) is 28.8 Å². The van der Waals surface area contributed by atoms with E-state index in [1.54, 1.807) is 12.0 Å². The zero-order valence-electron chi connectivity index (χ0n) is 10.7. The van der Waals surface area contributed by atoms with E-state index in [0.717, 1.165) is 11.3 Å². The second-order valence-electron chi connectivity index (χ2n) is 4.21. The van der Waals surface area contributed by atoms with Gasteiger partial charge in [0.1, 0.15) is 5.75 Å². The highest BCUT2D eigenvalue weighted by molar-refractivity contribution is 6.53. The molecule has 5 heteroatoms. The summed E-state index contributed by atoms with van der Waals surface area (Å²) < 4.78 is 5.08. The Morgan fingerprint density at radius 2 is 1.83 bits per heavy atom. The molecule has 0 radical (unpaired) electrons. The maximum atomic E-state index is 11.8. The van der Waals surface area contributed by atoms with Crippen molar-refractivity contribution in [2.24, 2.45) is 0 Å². The number of halogens is 2. The monoisotopic (exact) mass is 289 g/mol. The van der Waals surface area contributed by atoms with E-state index in [4.69, 9.17) is 27.9 Å². The second kappa shape index (κ2) is 6.86. The number of nitrogens with zero attached hydrogens (tertiary/aromatic N) is 1. The Kier molecular flexibility index (Phi) is 5.76. The number of alkyl halides is 2. The van der Waals surface area contributed by atoms with Gasteiger partial charge in [-0.1, -0.05) is 35.3 Å². The van der Waals surface area contributed by atoms with Crippen molar-refractivity contribution in [1.82, 2.24) is 4.90 Å². The number of benzene rings is 1. The minimum atomic E-state index is -1.02. The van der Waals surface area contributed by atoms with Gasteiger partial charge < -0.3 is 9.64 Å². The van der Waals surface area contributed by atoms with Crippen molar-refractivity contribution in [2.45, 2.75) is 31.3 Å². The summed E-state index contributed by atoms with van der Waals surface area (Å²) >= 11 is 11.3. The lowest BCUT2D eigenvalue weighted by Crippen LogP contribution is -2.39. The fourth-order valence-electron chi connectivity index (χ4n) is 1.57. The predicted octanol–water partition coefficient (Wildman–Crippen LogP) is 3.24. The number of hydrogen-bond donors (Lipinski definition) is 0. The van der Waals surface area contributed by atoms with E-state index in [9.17, 15) is 4.79 Å². The Morgan fingerprint density at radius 3 is 2.22 bits per heavy atom. The maximum absolute atomic E-state index is 11.8. The molecule has 0 aliphatic heterocycles. The van der Waals surface area contributed by atoms with E-state index in [-0.39, 0.29) is 11.9 Å². The molecule has 1 rings (SSSR count). The molecule has 0 atom stereocenters. The van der Waals surface area contributed by atoms with Crippen LogP contribution in [0.5, 0.6) is 5.75 Å². The van der Waals surface area contributed by atoms with E-state index in [0.29, 0.717) is 6.54 Å². The molecule has 1 aromatic rings. The Balaban J connectivity index is 2.80. The number of hydrogen-bond acceptors (Lipinski definition) is 2. The van der Waals surface area contributed by atoms with Crippen LogP contribution in [-0.2, 0) is 11.3 Å². The van der Waals surface area contributed by atoms with Crippen LogP contribution in [0.3, 0.4) is 0 Å². The summed E-state index contributed by atoms with van der Waals surface area (Å²) in [5.74, 6) is 0.512. The van der Waals surface area contributed by atoms with Crippen LogP contribution in [0.25, 0.3) is 0 Å². The third-order valence-corrected chi connectivity index (χ3v) is 2.98. The smallest absolute Gasteiger partial charge is 0.256 e. The Hall–Kier alpha value is -0.930. The third-order valence-electron chi connectivity index (χ3n) is 2.61. The number of carbonyl (C=O) groups is 1. The average Bonchev–Trinajstić information content (AvgIpc) is 2.35. The summed E-state index contributed by atoms with van der Waals surface area (Å²) in [6, 6.07) is 7.59. The molecule has 0 saturated heterocycles. The van der Waals surface area contributed by atoms with Crippen molar-refractivity contribution in [2.75, 3.05) is 7.11 Å². The summed E-state index contributed by atoms with van der Waals surface area (Å²) in [5.41, 5.74) is 1.01. The summed E-state index contributed by atoms with van der Waals surface area (Å²) in [7, 11) is 1.62. The molecular weight excluding hydrogens is 273 g/mol. The van der Waals surface area contributed by atoms with E-state index >= 15 is 0 Å². The van der Waals surface area contributed by atoms with Gasteiger partial charge in [0.25, 0.3) is 5.91 Å². The van der Waals surface area contributed by atoms with Crippen LogP contribution in [0.4, 0.5) is 0 Å². The van der Waals surface area contributed by atoms with Gasteiger partial charge in [0, 0.05) is 12.6 Å². The van der Waals surface area contributed by atoms with Gasteiger partial charge in [0.05, 0.1) is 7.11 Å². The lowest BCUT2D eigenvalue weighted by Gasteiger charge is -2.27. The second-order valence-corrected chi connectivity index (χ2v) is 5.30. The molecule has 0 N–H and O–H groups in total. The number of rotatable bonds is 5. The maximum Gasteiger partial charge on any atom is 0.256 e. The minimum absolute atomic E-state index is 0.0413. The summed E-state index contributed by atoms with van der Waals surface area (Å²) in [6.45, 7) is 4.34. The van der Waals surface area contributed by atoms with Gasteiger partial charge in [-0.15, -0.1) is 0 Å². The molecule has 0 saturated carbocycles. The predicted molar refractivity (Wildman–Crippen MR) is 74.2 cm³/mol. The molecule has 0 unspecified atom stereocenters. The van der Waals surface area contributed by atoms with Crippen LogP contribution < -0.4 is 4.74 Å². The molecule has 0 aromatic heterocycles. The van der Waals surface area contributed by atoms with Gasteiger partial charge in [-0.2, -0.15) is 0 Å². The average molecular weight is 290 g/mol. The molecule has 0 aliphatic rings. The van der Waals surface area contributed by atoms with Crippen molar-refractivity contribution >= 4 is 29.1 Å². The number of ether oxygens (including phenoxy) is 1. The zero-order valence-corrected chi connectivity index (χ0v) is 12.2. The molecule has 0 heterocycles. The van der Waals surface area contributed by atoms with E-state index < -0.39 is 4.84 Å². The van der Waals surface area contributed by atoms with Crippen molar-refractivity contribution in [3.63, 3.8) is 0 Å². The number of methoxy groups -OCH3 is 1. The van der Waals surface area contributed by atoms with E-state index in [1.807, 2.05) is 38.1 Å². The first kappa shape index (κ1) is 15.1. The summed E-state index contributed by atoms with van der Waals surface area (Å²) in [4.78, 5) is 12.5. The van der Waals surface area contributed by atoms with Gasteiger partial charge in [0.2, 0.25) is 0 Å². The van der Waals surface area contributed by atoms with Crippen LogP contribution >= 0.6 is 23.2 Å². The SMILES string of the molecule is COc1ccc(CN(C(=O)C(Cl)Cl)C(C)C)cc1. The van der Waals surface area contributed by atoms with Crippen molar-refractivity contribution in [1.29, 1.82) is 0 Å². The Labute approximate surface area is 118 Å². The van der Waals surface area contributed by atoms with Gasteiger partial charge >= 0.3 is 0 Å². The van der Waals surface area contributed by atoms with E-state index in [2.05, 4.69) is 0 Å². The van der Waals surface area contributed by atoms with Crippen molar-refractivity contribution in [3.05, 3.63) is 29.8 Å². The Morgan fingerprint density at radius 1 is 1.28 bits per heavy atom. The van der Waals surface area contributed by atoms with Gasteiger partial charge in [-0.3, -0.25) is 4.79 Å². The first-order valence-corrected chi connectivity index (χ1v) is 6.54. The molecule has 3 nitrogen and oxygen atoms in total. The van der Waals surface area contributed by atoms with Crippen molar-refractivity contribution in [3.8, 4) is 5.75 Å². The first-order valence-electron chi connectivity index (χ1n) is 5.67. The van der Waals surface area contributed by atoms with Crippen LogP contribution in [0.1, 0.15) is 19.4 Å². The molecule has 0 bridgehead atoms. The molecule has 0 spiro atoms. The lowest BCUT2D eigenvalue weighted by atomic mass is 10.2. The summed E-state index contributed by atoms with van der Waals surface area (Å²) in [5, 5.41) is 0. The molecule has 0 aliphatic carbocycles. The molecular formula is C13H17Cl2NO2.